The molecule has 114 valence electrons. The summed E-state index contributed by atoms with van der Waals surface area (Å²) < 4.78 is 5.60. The summed E-state index contributed by atoms with van der Waals surface area (Å²) in [6.07, 6.45) is 2.39. The van der Waals surface area contributed by atoms with Gasteiger partial charge in [0.15, 0.2) is 0 Å². The summed E-state index contributed by atoms with van der Waals surface area (Å²) in [5.41, 5.74) is 2.54. The number of aromatic nitrogens is 2. The fourth-order valence-electron chi connectivity index (χ4n) is 2.62. The molecule has 21 heavy (non-hydrogen) atoms. The number of rotatable bonds is 5. The molecule has 0 aliphatic carbocycles. The number of nitrogens with two attached hydrogens (primary N) is 1. The van der Waals surface area contributed by atoms with Crippen LogP contribution in [0.3, 0.4) is 0 Å². The van der Waals surface area contributed by atoms with Crippen LogP contribution in [0.5, 0.6) is 0 Å². The van der Waals surface area contributed by atoms with Crippen molar-refractivity contribution in [3.05, 3.63) is 10.9 Å². The van der Waals surface area contributed by atoms with Crippen molar-refractivity contribution in [1.82, 2.24) is 9.97 Å². The number of aryl methyl sites for hydroxylation is 1. The summed E-state index contributed by atoms with van der Waals surface area (Å²) in [5.74, 6) is 7.29. The Morgan fingerprint density at radius 1 is 1.48 bits per heavy atom. The molecule has 0 aromatic carbocycles. The summed E-state index contributed by atoms with van der Waals surface area (Å²) in [4.78, 5) is 11.2. The summed E-state index contributed by atoms with van der Waals surface area (Å²) >= 11 is 1.69. The Hall–Kier alpha value is -1.44. The van der Waals surface area contributed by atoms with Gasteiger partial charge in [-0.3, -0.25) is 5.43 Å². The van der Waals surface area contributed by atoms with Crippen LogP contribution >= 0.6 is 11.3 Å². The van der Waals surface area contributed by atoms with E-state index < -0.39 is 0 Å². The zero-order valence-corrected chi connectivity index (χ0v) is 13.2. The number of ether oxygens (including phenoxy) is 1. The fourth-order valence-corrected chi connectivity index (χ4v) is 3.58. The zero-order valence-electron chi connectivity index (χ0n) is 12.3. The molecule has 4 N–H and O–H groups in total. The Bertz CT molecular complexity index is 629. The van der Waals surface area contributed by atoms with Crippen molar-refractivity contribution in [2.45, 2.75) is 32.8 Å². The molecule has 0 radical (unpaired) electrons. The lowest BCUT2D eigenvalue weighted by Crippen LogP contribution is -2.21. The largest absolute Gasteiger partial charge is 0.378 e. The third-order valence-electron chi connectivity index (χ3n) is 3.99. The molecule has 2 aromatic rings. The number of anilines is 2. The maximum atomic E-state index is 5.60. The van der Waals surface area contributed by atoms with E-state index in [9.17, 15) is 0 Å². The van der Waals surface area contributed by atoms with Crippen molar-refractivity contribution in [3.63, 3.8) is 0 Å². The summed E-state index contributed by atoms with van der Waals surface area (Å²) in [6, 6.07) is 2.16. The Balaban J connectivity index is 1.86. The van der Waals surface area contributed by atoms with E-state index in [0.717, 1.165) is 42.0 Å². The first-order valence-electron chi connectivity index (χ1n) is 7.33. The van der Waals surface area contributed by atoms with Crippen molar-refractivity contribution in [2.75, 3.05) is 23.9 Å². The van der Waals surface area contributed by atoms with E-state index in [1.807, 2.05) is 0 Å². The van der Waals surface area contributed by atoms with Crippen molar-refractivity contribution < 1.29 is 4.74 Å². The standard InChI is InChI=1S/C14H21N5OS/c1-3-10-6-11-12(16-7-9-4-5-20-8(9)2)17-14(19-15)18-13(11)21-10/h6,8-9H,3-5,7,15H2,1-2H3,(H2,16,17,18,19). The fraction of sp³-hybridized carbons (Fsp3) is 0.571. The van der Waals surface area contributed by atoms with Crippen LogP contribution in [0.1, 0.15) is 25.1 Å². The average Bonchev–Trinajstić information content (AvgIpc) is 3.10. The molecule has 3 heterocycles. The minimum atomic E-state index is 0.301. The topological polar surface area (TPSA) is 85.1 Å². The van der Waals surface area contributed by atoms with Crippen molar-refractivity contribution in [2.24, 2.45) is 11.8 Å². The van der Waals surface area contributed by atoms with Crippen LogP contribution in [-0.2, 0) is 11.2 Å². The molecule has 0 saturated carbocycles. The van der Waals surface area contributed by atoms with Gasteiger partial charge < -0.3 is 10.1 Å². The zero-order chi connectivity index (χ0) is 14.8. The van der Waals surface area contributed by atoms with Crippen LogP contribution in [0.25, 0.3) is 10.2 Å². The molecule has 0 bridgehead atoms. The molecular weight excluding hydrogens is 286 g/mol. The molecule has 7 heteroatoms. The van der Waals surface area contributed by atoms with Crippen LogP contribution in [0.2, 0.25) is 0 Å². The minimum absolute atomic E-state index is 0.301. The van der Waals surface area contributed by atoms with Crippen LogP contribution < -0.4 is 16.6 Å². The van der Waals surface area contributed by atoms with Gasteiger partial charge in [0.25, 0.3) is 0 Å². The maximum Gasteiger partial charge on any atom is 0.240 e. The SMILES string of the molecule is CCc1cc2c(NCC3CCOC3C)nc(NN)nc2s1. The van der Waals surface area contributed by atoms with Gasteiger partial charge >= 0.3 is 0 Å². The van der Waals surface area contributed by atoms with E-state index in [0.29, 0.717) is 18.0 Å². The molecule has 1 saturated heterocycles. The third-order valence-corrected chi connectivity index (χ3v) is 5.16. The van der Waals surface area contributed by atoms with Gasteiger partial charge in [0.05, 0.1) is 11.5 Å². The van der Waals surface area contributed by atoms with Crippen molar-refractivity contribution in [3.8, 4) is 0 Å². The quantitative estimate of drug-likeness (QED) is 0.581. The number of nitrogen functional groups attached to an aromatic ring is 1. The summed E-state index contributed by atoms with van der Waals surface area (Å²) in [5, 5.41) is 4.52. The Kier molecular flexibility index (Phi) is 4.23. The normalized spacial score (nSPS) is 21.9. The van der Waals surface area contributed by atoms with Crippen molar-refractivity contribution >= 4 is 33.3 Å². The molecule has 1 aliphatic heterocycles. The van der Waals surface area contributed by atoms with E-state index in [-0.39, 0.29) is 0 Å². The van der Waals surface area contributed by atoms with Crippen LogP contribution in [0, 0.1) is 5.92 Å². The van der Waals surface area contributed by atoms with E-state index in [2.05, 4.69) is 40.6 Å². The van der Waals surface area contributed by atoms with Gasteiger partial charge in [-0.1, -0.05) is 6.92 Å². The first kappa shape index (κ1) is 14.5. The predicted octanol–water partition coefficient (Wildman–Crippen LogP) is 2.38. The molecule has 2 atom stereocenters. The second-order valence-corrected chi connectivity index (χ2v) is 6.45. The number of hydrazine groups is 1. The Labute approximate surface area is 128 Å². The Morgan fingerprint density at radius 2 is 2.33 bits per heavy atom. The number of fused-ring (bicyclic) bond motifs is 1. The number of hydrogen-bond acceptors (Lipinski definition) is 7. The molecule has 1 aliphatic rings. The number of thiophene rings is 1. The highest BCUT2D eigenvalue weighted by Crippen LogP contribution is 2.31. The third kappa shape index (κ3) is 2.95. The van der Waals surface area contributed by atoms with Gasteiger partial charge in [0.1, 0.15) is 10.6 Å². The van der Waals surface area contributed by atoms with Crippen LogP contribution in [-0.4, -0.2) is 29.2 Å². The molecule has 1 fully saturated rings. The van der Waals surface area contributed by atoms with Crippen LogP contribution in [0.15, 0.2) is 6.07 Å². The lowest BCUT2D eigenvalue weighted by atomic mass is 10.0. The Morgan fingerprint density at radius 3 is 3.00 bits per heavy atom. The second-order valence-electron chi connectivity index (χ2n) is 5.33. The summed E-state index contributed by atoms with van der Waals surface area (Å²) in [6.45, 7) is 5.97. The van der Waals surface area contributed by atoms with Gasteiger partial charge in [0, 0.05) is 23.9 Å². The molecule has 6 nitrogen and oxygen atoms in total. The van der Waals surface area contributed by atoms with E-state index in [1.54, 1.807) is 11.3 Å². The van der Waals surface area contributed by atoms with Gasteiger partial charge in [-0.2, -0.15) is 4.98 Å². The average molecular weight is 307 g/mol. The van der Waals surface area contributed by atoms with Crippen molar-refractivity contribution in [1.29, 1.82) is 0 Å². The van der Waals surface area contributed by atoms with Gasteiger partial charge in [-0.25, -0.2) is 10.8 Å². The first-order chi connectivity index (χ1) is 10.2. The van der Waals surface area contributed by atoms with E-state index in [1.165, 1.54) is 4.88 Å². The monoisotopic (exact) mass is 307 g/mol. The molecule has 0 amide bonds. The molecule has 2 unspecified atom stereocenters. The van der Waals surface area contributed by atoms with Gasteiger partial charge in [-0.15, -0.1) is 11.3 Å². The highest BCUT2D eigenvalue weighted by atomic mass is 32.1. The lowest BCUT2D eigenvalue weighted by molar-refractivity contribution is 0.108. The number of nitrogens with zero attached hydrogens (tertiary/aromatic N) is 2. The number of hydrogen-bond donors (Lipinski definition) is 3. The minimum Gasteiger partial charge on any atom is -0.378 e. The van der Waals surface area contributed by atoms with Crippen LogP contribution in [0.4, 0.5) is 11.8 Å². The molecule has 0 spiro atoms. The first-order valence-corrected chi connectivity index (χ1v) is 8.15. The maximum absolute atomic E-state index is 5.60. The molecule has 2 aromatic heterocycles. The molecule has 3 rings (SSSR count). The van der Waals surface area contributed by atoms with Gasteiger partial charge in [-0.05, 0) is 25.8 Å². The highest BCUT2D eigenvalue weighted by molar-refractivity contribution is 7.18. The predicted molar refractivity (Wildman–Crippen MR) is 86.6 cm³/mol. The highest BCUT2D eigenvalue weighted by Gasteiger charge is 2.24. The van der Waals surface area contributed by atoms with E-state index in [4.69, 9.17) is 10.6 Å². The second kappa shape index (κ2) is 6.13. The smallest absolute Gasteiger partial charge is 0.240 e. The molecular formula is C14H21N5OS. The summed E-state index contributed by atoms with van der Waals surface area (Å²) in [7, 11) is 0. The van der Waals surface area contributed by atoms with E-state index >= 15 is 0 Å². The number of nitrogens with one attached hydrogen (secondary N) is 2. The lowest BCUT2D eigenvalue weighted by Gasteiger charge is -2.15. The van der Waals surface area contributed by atoms with Gasteiger partial charge in [0.2, 0.25) is 5.95 Å².